The smallest absolute Gasteiger partial charge is 0.220 e. The van der Waals surface area contributed by atoms with Gasteiger partial charge in [0.2, 0.25) is 5.91 Å². The number of aromatic nitrogens is 3. The zero-order chi connectivity index (χ0) is 20.8. The van der Waals surface area contributed by atoms with E-state index in [-0.39, 0.29) is 11.9 Å². The molecule has 156 valence electrons. The molecular formula is C24H28N4O2. The number of ether oxygens (including phenoxy) is 1. The normalized spacial score (nSPS) is 15.8. The van der Waals surface area contributed by atoms with Crippen molar-refractivity contribution in [2.75, 3.05) is 7.11 Å². The minimum absolute atomic E-state index is 0.0908. The Morgan fingerprint density at radius 3 is 2.73 bits per heavy atom. The number of fused-ring (bicyclic) bond motifs is 1. The lowest BCUT2D eigenvalue weighted by Gasteiger charge is -2.16. The molecule has 1 N–H and O–H groups in total. The Labute approximate surface area is 177 Å². The Morgan fingerprint density at radius 1 is 1.10 bits per heavy atom. The summed E-state index contributed by atoms with van der Waals surface area (Å²) in [6.45, 7) is 0.835. The van der Waals surface area contributed by atoms with Gasteiger partial charge in [0.1, 0.15) is 17.4 Å². The summed E-state index contributed by atoms with van der Waals surface area (Å²) in [6, 6.07) is 18.4. The van der Waals surface area contributed by atoms with Crippen LogP contribution in [0.2, 0.25) is 0 Å². The molecule has 2 heterocycles. The summed E-state index contributed by atoms with van der Waals surface area (Å²) in [7, 11) is 1.66. The summed E-state index contributed by atoms with van der Waals surface area (Å²) in [6.07, 6.45) is 4.54. The molecule has 6 heteroatoms. The van der Waals surface area contributed by atoms with E-state index in [4.69, 9.17) is 4.74 Å². The van der Waals surface area contributed by atoms with Crippen LogP contribution in [0.25, 0.3) is 0 Å². The number of rotatable bonds is 7. The number of methoxy groups -OCH3 is 1. The van der Waals surface area contributed by atoms with Gasteiger partial charge in [0, 0.05) is 31.8 Å². The van der Waals surface area contributed by atoms with Gasteiger partial charge in [-0.25, -0.2) is 0 Å². The summed E-state index contributed by atoms with van der Waals surface area (Å²) in [5.74, 6) is 2.95. The summed E-state index contributed by atoms with van der Waals surface area (Å²) >= 11 is 0. The molecule has 1 atom stereocenters. The molecule has 0 spiro atoms. The molecule has 1 aromatic heterocycles. The first-order chi connectivity index (χ1) is 14.7. The fraction of sp³-hybridized carbons (Fsp3) is 0.375. The van der Waals surface area contributed by atoms with E-state index in [1.54, 1.807) is 7.11 Å². The van der Waals surface area contributed by atoms with Crippen LogP contribution in [-0.2, 0) is 30.6 Å². The molecule has 1 unspecified atom stereocenters. The molecule has 0 saturated heterocycles. The lowest BCUT2D eigenvalue weighted by molar-refractivity contribution is -0.121. The van der Waals surface area contributed by atoms with Gasteiger partial charge in [0.05, 0.1) is 7.11 Å². The Kier molecular flexibility index (Phi) is 6.42. The second kappa shape index (κ2) is 9.57. The van der Waals surface area contributed by atoms with Crippen molar-refractivity contribution in [3.63, 3.8) is 0 Å². The number of benzene rings is 2. The van der Waals surface area contributed by atoms with E-state index in [0.717, 1.165) is 55.2 Å². The first kappa shape index (κ1) is 20.1. The van der Waals surface area contributed by atoms with Crippen LogP contribution >= 0.6 is 0 Å². The SMILES string of the molecule is COc1ccccc1CCC(=O)NC1CCc2nnc(Cc3ccccc3)n2CC1. The maximum Gasteiger partial charge on any atom is 0.220 e. The molecule has 0 radical (unpaired) electrons. The number of amides is 1. The highest BCUT2D eigenvalue weighted by Crippen LogP contribution is 2.20. The van der Waals surface area contributed by atoms with Crippen LogP contribution in [0.5, 0.6) is 5.75 Å². The largest absolute Gasteiger partial charge is 0.496 e. The summed E-state index contributed by atoms with van der Waals surface area (Å²) < 4.78 is 7.61. The van der Waals surface area contributed by atoms with Gasteiger partial charge in [-0.3, -0.25) is 4.79 Å². The molecule has 30 heavy (non-hydrogen) atoms. The monoisotopic (exact) mass is 404 g/mol. The number of hydrogen-bond acceptors (Lipinski definition) is 4. The Hall–Kier alpha value is -3.15. The molecular weight excluding hydrogens is 376 g/mol. The molecule has 0 bridgehead atoms. The maximum atomic E-state index is 12.5. The molecule has 1 amide bonds. The van der Waals surface area contributed by atoms with Gasteiger partial charge in [-0.05, 0) is 36.5 Å². The molecule has 1 aliphatic heterocycles. The van der Waals surface area contributed by atoms with Crippen molar-refractivity contribution in [2.45, 2.75) is 51.1 Å². The van der Waals surface area contributed by atoms with E-state index < -0.39 is 0 Å². The van der Waals surface area contributed by atoms with Gasteiger partial charge in [0.25, 0.3) is 0 Å². The Balaban J connectivity index is 1.31. The number of hydrogen-bond donors (Lipinski definition) is 1. The second-order valence-corrected chi connectivity index (χ2v) is 7.75. The van der Waals surface area contributed by atoms with E-state index in [1.807, 2.05) is 42.5 Å². The van der Waals surface area contributed by atoms with Crippen molar-refractivity contribution < 1.29 is 9.53 Å². The molecule has 4 rings (SSSR count). The lowest BCUT2D eigenvalue weighted by atomic mass is 10.1. The Bertz CT molecular complexity index is 984. The molecule has 2 aromatic carbocycles. The number of aryl methyl sites for hydroxylation is 2. The second-order valence-electron chi connectivity index (χ2n) is 7.75. The van der Waals surface area contributed by atoms with Gasteiger partial charge in [-0.1, -0.05) is 48.5 Å². The summed E-state index contributed by atoms with van der Waals surface area (Å²) in [5.41, 5.74) is 2.30. The van der Waals surface area contributed by atoms with Gasteiger partial charge >= 0.3 is 0 Å². The van der Waals surface area contributed by atoms with Gasteiger partial charge in [-0.2, -0.15) is 0 Å². The van der Waals surface area contributed by atoms with E-state index in [9.17, 15) is 4.79 Å². The first-order valence-electron chi connectivity index (χ1n) is 10.6. The van der Waals surface area contributed by atoms with Crippen molar-refractivity contribution in [3.05, 3.63) is 77.4 Å². The third-order valence-electron chi connectivity index (χ3n) is 5.71. The van der Waals surface area contributed by atoms with Crippen LogP contribution in [0.1, 0.15) is 42.0 Å². The fourth-order valence-electron chi connectivity index (χ4n) is 4.06. The minimum Gasteiger partial charge on any atom is -0.496 e. The molecule has 0 fully saturated rings. The maximum absolute atomic E-state index is 12.5. The molecule has 6 nitrogen and oxygen atoms in total. The third kappa shape index (κ3) is 4.87. The van der Waals surface area contributed by atoms with Gasteiger partial charge < -0.3 is 14.6 Å². The van der Waals surface area contributed by atoms with Gasteiger partial charge in [-0.15, -0.1) is 10.2 Å². The van der Waals surface area contributed by atoms with E-state index in [2.05, 4.69) is 32.2 Å². The molecule has 0 aliphatic carbocycles. The van der Waals surface area contributed by atoms with Crippen molar-refractivity contribution in [1.82, 2.24) is 20.1 Å². The summed E-state index contributed by atoms with van der Waals surface area (Å²) in [5, 5.41) is 12.0. The van der Waals surface area contributed by atoms with Crippen molar-refractivity contribution in [2.24, 2.45) is 0 Å². The Morgan fingerprint density at radius 2 is 1.90 bits per heavy atom. The van der Waals surface area contributed by atoms with Gasteiger partial charge in [0.15, 0.2) is 0 Å². The van der Waals surface area contributed by atoms with E-state index >= 15 is 0 Å². The standard InChI is InChI=1S/C24H28N4O2/c1-30-21-10-6-5-9-19(21)11-14-24(29)25-20-12-13-22-26-27-23(28(22)16-15-20)17-18-7-3-2-4-8-18/h2-10,20H,11-17H2,1H3,(H,25,29). The number of para-hydroxylation sites is 1. The number of nitrogens with one attached hydrogen (secondary N) is 1. The zero-order valence-electron chi connectivity index (χ0n) is 17.4. The lowest BCUT2D eigenvalue weighted by Crippen LogP contribution is -2.35. The van der Waals surface area contributed by atoms with Crippen LogP contribution in [0.4, 0.5) is 0 Å². The average molecular weight is 405 g/mol. The fourth-order valence-corrected chi connectivity index (χ4v) is 4.06. The van der Waals surface area contributed by atoms with Crippen LogP contribution in [0, 0.1) is 0 Å². The van der Waals surface area contributed by atoms with Crippen molar-refractivity contribution >= 4 is 5.91 Å². The van der Waals surface area contributed by atoms with Crippen LogP contribution in [-0.4, -0.2) is 33.8 Å². The minimum atomic E-state index is 0.0908. The molecule has 3 aromatic rings. The van der Waals surface area contributed by atoms with Crippen LogP contribution in [0.15, 0.2) is 54.6 Å². The van der Waals surface area contributed by atoms with Crippen molar-refractivity contribution in [1.29, 1.82) is 0 Å². The van der Waals surface area contributed by atoms with Crippen molar-refractivity contribution in [3.8, 4) is 5.75 Å². The highest BCUT2D eigenvalue weighted by atomic mass is 16.5. The van der Waals surface area contributed by atoms with E-state index in [1.165, 1.54) is 5.56 Å². The van der Waals surface area contributed by atoms with Crippen LogP contribution in [0.3, 0.4) is 0 Å². The van der Waals surface area contributed by atoms with Crippen LogP contribution < -0.4 is 10.1 Å². The number of carbonyl (C=O) groups excluding carboxylic acids is 1. The zero-order valence-corrected chi connectivity index (χ0v) is 17.4. The number of nitrogens with zero attached hydrogens (tertiary/aromatic N) is 3. The third-order valence-corrected chi connectivity index (χ3v) is 5.71. The quantitative estimate of drug-likeness (QED) is 0.656. The van der Waals surface area contributed by atoms with E-state index in [0.29, 0.717) is 12.8 Å². The first-order valence-corrected chi connectivity index (χ1v) is 10.6. The topological polar surface area (TPSA) is 69.0 Å². The predicted octanol–water partition coefficient (Wildman–Crippen LogP) is 3.33. The highest BCUT2D eigenvalue weighted by Gasteiger charge is 2.21. The predicted molar refractivity (Wildman–Crippen MR) is 115 cm³/mol. The summed E-state index contributed by atoms with van der Waals surface area (Å²) in [4.78, 5) is 12.5. The highest BCUT2D eigenvalue weighted by molar-refractivity contribution is 5.76. The number of carbonyl (C=O) groups is 1. The molecule has 0 saturated carbocycles. The average Bonchev–Trinajstić information content (AvgIpc) is 3.04. The molecule has 1 aliphatic rings.